The lowest BCUT2D eigenvalue weighted by atomic mass is 10.0. The van der Waals surface area contributed by atoms with Crippen LogP contribution in [0.25, 0.3) is 11.0 Å². The van der Waals surface area contributed by atoms with Crippen LogP contribution in [0.5, 0.6) is 0 Å². The van der Waals surface area contributed by atoms with E-state index in [-0.39, 0.29) is 0 Å². The Balaban J connectivity index is 2.27. The van der Waals surface area contributed by atoms with Crippen molar-refractivity contribution in [2.24, 2.45) is 0 Å². The zero-order valence-corrected chi connectivity index (χ0v) is 15.4. The first kappa shape index (κ1) is 15.5. The van der Waals surface area contributed by atoms with Gasteiger partial charge in [0, 0.05) is 14.8 Å². The molecule has 2 aromatic carbocycles. The highest BCUT2D eigenvalue weighted by atomic mass is 79.9. The van der Waals surface area contributed by atoms with Crippen molar-refractivity contribution in [3.8, 4) is 0 Å². The first-order chi connectivity index (χ1) is 10.4. The maximum Gasteiger partial charge on any atom is 0.138 e. The summed E-state index contributed by atoms with van der Waals surface area (Å²) >= 11 is 3.41. The molecule has 3 rings (SSSR count). The zero-order chi connectivity index (χ0) is 16.0. The van der Waals surface area contributed by atoms with Gasteiger partial charge in [0.1, 0.15) is 11.3 Å². The van der Waals surface area contributed by atoms with Gasteiger partial charge in [-0.1, -0.05) is 22.0 Å². The van der Waals surface area contributed by atoms with Gasteiger partial charge >= 0.3 is 0 Å². The summed E-state index contributed by atoms with van der Waals surface area (Å²) in [7, 11) is -1.25. The highest BCUT2D eigenvalue weighted by molar-refractivity contribution is 9.10. The topological polar surface area (TPSA) is 30.2 Å². The van der Waals surface area contributed by atoms with Crippen molar-refractivity contribution < 1.29 is 8.63 Å². The highest BCUT2D eigenvalue weighted by Gasteiger charge is 2.21. The lowest BCUT2D eigenvalue weighted by Gasteiger charge is -2.06. The fraction of sp³-hybridized carbons (Fsp3) is 0.222. The van der Waals surface area contributed by atoms with E-state index in [9.17, 15) is 4.21 Å². The third-order valence-electron chi connectivity index (χ3n) is 4.00. The normalized spacial score (nSPS) is 12.8. The number of benzene rings is 2. The van der Waals surface area contributed by atoms with Gasteiger partial charge in [-0.05, 0) is 68.7 Å². The summed E-state index contributed by atoms with van der Waals surface area (Å²) in [6.07, 6.45) is 0. The average Bonchev–Trinajstić information content (AvgIpc) is 2.83. The molecule has 22 heavy (non-hydrogen) atoms. The molecule has 0 bridgehead atoms. The van der Waals surface area contributed by atoms with Crippen LogP contribution in [0.15, 0.2) is 49.0 Å². The van der Waals surface area contributed by atoms with Crippen molar-refractivity contribution in [2.75, 3.05) is 0 Å². The Hall–Kier alpha value is -1.39. The van der Waals surface area contributed by atoms with Gasteiger partial charge in [-0.15, -0.1) is 0 Å². The number of fused-ring (bicyclic) bond motifs is 1. The maximum absolute atomic E-state index is 13.0. The summed E-state index contributed by atoms with van der Waals surface area (Å²) in [6.45, 7) is 8.06. The van der Waals surface area contributed by atoms with Crippen LogP contribution >= 0.6 is 15.9 Å². The van der Waals surface area contributed by atoms with Gasteiger partial charge in [0.15, 0.2) is 0 Å². The van der Waals surface area contributed by atoms with Crippen LogP contribution in [-0.2, 0) is 10.8 Å². The Morgan fingerprint density at radius 2 is 1.64 bits per heavy atom. The summed E-state index contributed by atoms with van der Waals surface area (Å²) in [5.74, 6) is 0.730. The van der Waals surface area contributed by atoms with Crippen LogP contribution in [-0.4, -0.2) is 4.21 Å². The van der Waals surface area contributed by atoms with Crippen molar-refractivity contribution in [2.45, 2.75) is 37.5 Å². The van der Waals surface area contributed by atoms with E-state index in [4.69, 9.17) is 4.42 Å². The molecule has 0 spiro atoms. The minimum Gasteiger partial charge on any atom is -0.460 e. The summed E-state index contributed by atoms with van der Waals surface area (Å²) in [4.78, 5) is 1.57. The molecule has 1 atom stereocenters. The molecule has 0 aliphatic carbocycles. The van der Waals surface area contributed by atoms with Crippen molar-refractivity contribution in [1.29, 1.82) is 0 Å². The highest BCUT2D eigenvalue weighted by Crippen LogP contribution is 2.36. The predicted molar refractivity (Wildman–Crippen MR) is 94.0 cm³/mol. The average molecular weight is 377 g/mol. The third-order valence-corrected chi connectivity index (χ3v) is 6.09. The fourth-order valence-electron chi connectivity index (χ4n) is 2.74. The standard InChI is InChI=1S/C18H17BrO2S/c1-10-9-11(2)16-17(12(10)3)21-13(4)18(16)22(20)15-7-5-14(19)6-8-15/h5-9H,1-4H3/t22-/m1/s1. The molecule has 0 radical (unpaired) electrons. The quantitative estimate of drug-likeness (QED) is 0.582. The van der Waals surface area contributed by atoms with Gasteiger partial charge in [0.05, 0.1) is 15.7 Å². The molecule has 0 N–H and O–H groups in total. The van der Waals surface area contributed by atoms with Crippen LogP contribution in [0, 0.1) is 27.7 Å². The molecule has 0 fully saturated rings. The Labute approximate surface area is 141 Å². The van der Waals surface area contributed by atoms with E-state index in [1.165, 1.54) is 5.56 Å². The molecule has 114 valence electrons. The molecule has 0 unspecified atom stereocenters. The van der Waals surface area contributed by atoms with Crippen LogP contribution in [0.1, 0.15) is 22.5 Å². The lowest BCUT2D eigenvalue weighted by molar-refractivity contribution is 0.564. The molecule has 1 heterocycles. The molecule has 3 aromatic rings. The monoisotopic (exact) mass is 376 g/mol. The third kappa shape index (κ3) is 2.44. The molecule has 2 nitrogen and oxygen atoms in total. The Kier molecular flexibility index (Phi) is 4.00. The van der Waals surface area contributed by atoms with Gasteiger partial charge < -0.3 is 4.42 Å². The van der Waals surface area contributed by atoms with Crippen LogP contribution < -0.4 is 0 Å². The molecular formula is C18H17BrO2S. The summed E-state index contributed by atoms with van der Waals surface area (Å²) in [5.41, 5.74) is 4.27. The molecule has 0 saturated carbocycles. The van der Waals surface area contributed by atoms with E-state index in [0.717, 1.165) is 42.1 Å². The molecule has 4 heteroatoms. The van der Waals surface area contributed by atoms with Gasteiger partial charge in [-0.25, -0.2) is 4.21 Å². The number of aryl methyl sites for hydroxylation is 4. The van der Waals surface area contributed by atoms with E-state index in [1.807, 2.05) is 45.0 Å². The smallest absolute Gasteiger partial charge is 0.138 e. The minimum absolute atomic E-state index is 0.730. The fourth-order valence-corrected chi connectivity index (χ4v) is 4.36. The van der Waals surface area contributed by atoms with E-state index in [1.54, 1.807) is 0 Å². The Morgan fingerprint density at radius 1 is 1.00 bits per heavy atom. The van der Waals surface area contributed by atoms with Crippen molar-refractivity contribution in [1.82, 2.24) is 0 Å². The van der Waals surface area contributed by atoms with Gasteiger partial charge in [0.25, 0.3) is 0 Å². The van der Waals surface area contributed by atoms with Crippen LogP contribution in [0.2, 0.25) is 0 Å². The largest absolute Gasteiger partial charge is 0.460 e. The molecule has 0 aliphatic rings. The molecule has 0 aliphatic heterocycles. The zero-order valence-electron chi connectivity index (χ0n) is 13.0. The minimum atomic E-state index is -1.25. The van der Waals surface area contributed by atoms with Crippen molar-refractivity contribution in [3.05, 3.63) is 57.3 Å². The van der Waals surface area contributed by atoms with E-state index >= 15 is 0 Å². The number of rotatable bonds is 2. The van der Waals surface area contributed by atoms with Crippen LogP contribution in [0.3, 0.4) is 0 Å². The second-order valence-electron chi connectivity index (χ2n) is 5.55. The number of furan rings is 1. The van der Waals surface area contributed by atoms with E-state index in [0.29, 0.717) is 0 Å². The van der Waals surface area contributed by atoms with E-state index < -0.39 is 10.8 Å². The van der Waals surface area contributed by atoms with Gasteiger partial charge in [-0.3, -0.25) is 0 Å². The Bertz CT molecular complexity index is 892. The van der Waals surface area contributed by atoms with Crippen molar-refractivity contribution >= 4 is 37.7 Å². The summed E-state index contributed by atoms with van der Waals surface area (Å²) < 4.78 is 20.0. The van der Waals surface area contributed by atoms with Gasteiger partial charge in [-0.2, -0.15) is 0 Å². The second-order valence-corrected chi connectivity index (χ2v) is 7.88. The van der Waals surface area contributed by atoms with Crippen LogP contribution in [0.4, 0.5) is 0 Å². The summed E-state index contributed by atoms with van der Waals surface area (Å²) in [5, 5.41) is 0.988. The van der Waals surface area contributed by atoms with Gasteiger partial charge in [0.2, 0.25) is 0 Å². The maximum atomic E-state index is 13.0. The first-order valence-corrected chi connectivity index (χ1v) is 9.01. The number of halogens is 1. The molecular weight excluding hydrogens is 360 g/mol. The predicted octanol–water partition coefficient (Wildman–Crippen LogP) is 5.60. The SMILES string of the molecule is Cc1cc(C)c2c([S@](=O)c3ccc(Br)cc3)c(C)oc2c1C. The number of hydrogen-bond donors (Lipinski definition) is 0. The summed E-state index contributed by atoms with van der Waals surface area (Å²) in [6, 6.07) is 9.72. The number of hydrogen-bond acceptors (Lipinski definition) is 2. The molecule has 1 aromatic heterocycles. The Morgan fingerprint density at radius 3 is 2.27 bits per heavy atom. The second kappa shape index (κ2) is 5.67. The molecule has 0 saturated heterocycles. The first-order valence-electron chi connectivity index (χ1n) is 7.07. The lowest BCUT2D eigenvalue weighted by Crippen LogP contribution is -1.95. The van der Waals surface area contributed by atoms with Crippen molar-refractivity contribution in [3.63, 3.8) is 0 Å². The van der Waals surface area contributed by atoms with E-state index in [2.05, 4.69) is 28.9 Å². The molecule has 0 amide bonds.